The molecule has 86 valence electrons. The molecule has 2 heteroatoms. The van der Waals surface area contributed by atoms with E-state index in [-0.39, 0.29) is 0 Å². The summed E-state index contributed by atoms with van der Waals surface area (Å²) in [5.41, 5.74) is 2.76. The number of hydrogen-bond acceptors (Lipinski definition) is 2. The second kappa shape index (κ2) is 4.10. The van der Waals surface area contributed by atoms with Crippen LogP contribution in [0.4, 0.5) is 0 Å². The van der Waals surface area contributed by atoms with Gasteiger partial charge in [-0.2, -0.15) is 0 Å². The lowest BCUT2D eigenvalue weighted by Crippen LogP contribution is -2.34. The van der Waals surface area contributed by atoms with Gasteiger partial charge in [-0.15, -0.1) is 0 Å². The number of benzene rings is 1. The molecule has 0 saturated carbocycles. The molecule has 0 amide bonds. The summed E-state index contributed by atoms with van der Waals surface area (Å²) in [5, 5.41) is 3.68. The van der Waals surface area contributed by atoms with E-state index in [2.05, 4.69) is 30.4 Å². The van der Waals surface area contributed by atoms with E-state index in [9.17, 15) is 0 Å². The van der Waals surface area contributed by atoms with Crippen molar-refractivity contribution in [3.05, 3.63) is 29.3 Å². The molecule has 0 spiro atoms. The fourth-order valence-corrected chi connectivity index (χ4v) is 2.90. The van der Waals surface area contributed by atoms with Gasteiger partial charge in [0.25, 0.3) is 0 Å². The van der Waals surface area contributed by atoms with Crippen molar-refractivity contribution in [2.45, 2.75) is 44.7 Å². The van der Waals surface area contributed by atoms with Gasteiger partial charge >= 0.3 is 0 Å². The molecule has 3 rings (SSSR count). The summed E-state index contributed by atoms with van der Waals surface area (Å²) in [6.45, 7) is 3.13. The second-order valence-electron chi connectivity index (χ2n) is 4.99. The van der Waals surface area contributed by atoms with Crippen LogP contribution in [-0.4, -0.2) is 12.6 Å². The maximum Gasteiger partial charge on any atom is 0.127 e. The zero-order chi connectivity index (χ0) is 11.0. The van der Waals surface area contributed by atoms with Gasteiger partial charge in [0.1, 0.15) is 5.75 Å². The van der Waals surface area contributed by atoms with Crippen LogP contribution in [0.2, 0.25) is 0 Å². The Balaban J connectivity index is 1.91. The third-order valence-corrected chi connectivity index (χ3v) is 3.74. The Morgan fingerprint density at radius 3 is 3.12 bits per heavy atom. The Morgan fingerprint density at radius 2 is 2.25 bits per heavy atom. The average molecular weight is 217 g/mol. The molecule has 2 aliphatic heterocycles. The third kappa shape index (κ3) is 1.71. The van der Waals surface area contributed by atoms with Crippen molar-refractivity contribution < 1.29 is 4.74 Å². The first-order valence-electron chi connectivity index (χ1n) is 6.35. The molecule has 2 nitrogen and oxygen atoms in total. The lowest BCUT2D eigenvalue weighted by atomic mass is 9.92. The molecule has 0 aliphatic carbocycles. The molecular weight excluding hydrogens is 198 g/mol. The summed E-state index contributed by atoms with van der Waals surface area (Å²) in [6, 6.07) is 7.72. The Bertz CT molecular complexity index is 388. The Kier molecular flexibility index (Phi) is 2.60. The lowest BCUT2D eigenvalue weighted by molar-refractivity contribution is 0.317. The summed E-state index contributed by atoms with van der Waals surface area (Å²) in [6.07, 6.45) is 4.94. The number of nitrogens with one attached hydrogen (secondary N) is 1. The highest BCUT2D eigenvalue weighted by molar-refractivity contribution is 5.45. The highest BCUT2D eigenvalue weighted by Gasteiger charge is 2.25. The SMILES string of the molecule is CC1CCCC(c2cccc3c2OCC3)N1. The van der Waals surface area contributed by atoms with Crippen molar-refractivity contribution in [3.63, 3.8) is 0 Å². The molecule has 1 fully saturated rings. The predicted molar refractivity (Wildman–Crippen MR) is 64.8 cm³/mol. The van der Waals surface area contributed by atoms with Crippen molar-refractivity contribution in [2.24, 2.45) is 0 Å². The zero-order valence-corrected chi connectivity index (χ0v) is 9.83. The number of rotatable bonds is 1. The first-order valence-corrected chi connectivity index (χ1v) is 6.35. The number of piperidine rings is 1. The fraction of sp³-hybridized carbons (Fsp3) is 0.571. The quantitative estimate of drug-likeness (QED) is 0.781. The van der Waals surface area contributed by atoms with Gasteiger partial charge in [0.05, 0.1) is 6.61 Å². The Morgan fingerprint density at radius 1 is 1.31 bits per heavy atom. The Labute approximate surface area is 97.0 Å². The second-order valence-corrected chi connectivity index (χ2v) is 4.99. The molecule has 0 bridgehead atoms. The van der Waals surface area contributed by atoms with Crippen molar-refractivity contribution in [1.29, 1.82) is 0 Å². The summed E-state index contributed by atoms with van der Waals surface area (Å²) < 4.78 is 5.78. The average Bonchev–Trinajstić information content (AvgIpc) is 2.76. The minimum absolute atomic E-state index is 0.497. The molecule has 2 heterocycles. The van der Waals surface area contributed by atoms with Gasteiger partial charge in [-0.1, -0.05) is 24.6 Å². The standard InChI is InChI=1S/C14H19NO/c1-10-4-2-7-13(15-10)12-6-3-5-11-8-9-16-14(11)12/h3,5-6,10,13,15H,2,4,7-9H2,1H3. The topological polar surface area (TPSA) is 21.3 Å². The highest BCUT2D eigenvalue weighted by atomic mass is 16.5. The molecule has 0 aromatic heterocycles. The fourth-order valence-electron chi connectivity index (χ4n) is 2.90. The monoisotopic (exact) mass is 217 g/mol. The summed E-state index contributed by atoms with van der Waals surface area (Å²) in [7, 11) is 0. The van der Waals surface area contributed by atoms with Crippen LogP contribution in [-0.2, 0) is 6.42 Å². The molecule has 2 aliphatic rings. The number of para-hydroxylation sites is 1. The number of fused-ring (bicyclic) bond motifs is 1. The summed E-state index contributed by atoms with van der Waals surface area (Å²) in [4.78, 5) is 0. The third-order valence-electron chi connectivity index (χ3n) is 3.74. The Hall–Kier alpha value is -1.02. The molecule has 2 unspecified atom stereocenters. The van der Waals surface area contributed by atoms with E-state index in [4.69, 9.17) is 4.74 Å². The van der Waals surface area contributed by atoms with Crippen LogP contribution in [0.15, 0.2) is 18.2 Å². The molecular formula is C14H19NO. The van der Waals surface area contributed by atoms with Gasteiger partial charge < -0.3 is 10.1 Å². The van der Waals surface area contributed by atoms with E-state index in [1.54, 1.807) is 0 Å². The van der Waals surface area contributed by atoms with Crippen molar-refractivity contribution in [1.82, 2.24) is 5.32 Å². The minimum atomic E-state index is 0.497. The van der Waals surface area contributed by atoms with Crippen molar-refractivity contribution >= 4 is 0 Å². The van der Waals surface area contributed by atoms with Gasteiger partial charge in [0.15, 0.2) is 0 Å². The van der Waals surface area contributed by atoms with E-state index >= 15 is 0 Å². The van der Waals surface area contributed by atoms with Gasteiger partial charge in [0.2, 0.25) is 0 Å². The molecule has 1 aromatic carbocycles. The van der Waals surface area contributed by atoms with Gasteiger partial charge in [-0.25, -0.2) is 0 Å². The van der Waals surface area contributed by atoms with Crippen LogP contribution >= 0.6 is 0 Å². The maximum atomic E-state index is 5.78. The van der Waals surface area contributed by atoms with Gasteiger partial charge in [0, 0.05) is 24.1 Å². The molecule has 0 radical (unpaired) electrons. The number of ether oxygens (including phenoxy) is 1. The number of hydrogen-bond donors (Lipinski definition) is 1. The minimum Gasteiger partial charge on any atom is -0.493 e. The predicted octanol–water partition coefficient (Wildman–Crippen LogP) is 2.82. The van der Waals surface area contributed by atoms with Crippen molar-refractivity contribution in [3.8, 4) is 5.75 Å². The summed E-state index contributed by atoms with van der Waals surface area (Å²) >= 11 is 0. The maximum absolute atomic E-state index is 5.78. The largest absolute Gasteiger partial charge is 0.493 e. The van der Waals surface area contributed by atoms with Crippen LogP contribution in [0.3, 0.4) is 0 Å². The normalized spacial score (nSPS) is 28.6. The van der Waals surface area contributed by atoms with Crippen LogP contribution in [0.1, 0.15) is 43.4 Å². The van der Waals surface area contributed by atoms with E-state index in [1.807, 2.05) is 0 Å². The van der Waals surface area contributed by atoms with Crippen LogP contribution in [0, 0.1) is 0 Å². The zero-order valence-electron chi connectivity index (χ0n) is 9.83. The molecule has 2 atom stereocenters. The van der Waals surface area contributed by atoms with Crippen LogP contribution in [0.25, 0.3) is 0 Å². The lowest BCUT2D eigenvalue weighted by Gasteiger charge is -2.30. The van der Waals surface area contributed by atoms with E-state index in [1.165, 1.54) is 30.4 Å². The van der Waals surface area contributed by atoms with Crippen LogP contribution in [0.5, 0.6) is 5.75 Å². The van der Waals surface area contributed by atoms with E-state index in [0.717, 1.165) is 18.8 Å². The first-order chi connectivity index (χ1) is 7.84. The molecule has 16 heavy (non-hydrogen) atoms. The van der Waals surface area contributed by atoms with E-state index < -0.39 is 0 Å². The highest BCUT2D eigenvalue weighted by Crippen LogP contribution is 2.36. The van der Waals surface area contributed by atoms with Gasteiger partial charge in [-0.3, -0.25) is 0 Å². The smallest absolute Gasteiger partial charge is 0.127 e. The van der Waals surface area contributed by atoms with Crippen molar-refractivity contribution in [2.75, 3.05) is 6.61 Å². The van der Waals surface area contributed by atoms with Gasteiger partial charge in [-0.05, 0) is 25.3 Å². The molecule has 1 N–H and O–H groups in total. The summed E-state index contributed by atoms with van der Waals surface area (Å²) in [5.74, 6) is 1.16. The van der Waals surface area contributed by atoms with E-state index in [0.29, 0.717) is 12.1 Å². The first kappa shape index (κ1) is 10.2. The van der Waals surface area contributed by atoms with Crippen LogP contribution < -0.4 is 10.1 Å². The molecule has 1 aromatic rings. The molecule has 1 saturated heterocycles.